The van der Waals surface area contributed by atoms with Gasteiger partial charge >= 0.3 is 6.29 Å². The third-order valence-corrected chi connectivity index (χ3v) is 3.92. The number of para-hydroxylation sites is 1. The SMILES string of the molecule is NC1=NCC(c2cccnc2)N=C1C(=O)Nc1cccc2c1OC(F)(F)O2. The molecular formula is C17H13F2N5O3. The molecule has 27 heavy (non-hydrogen) atoms. The number of aliphatic imine (C=N–C) groups is 2. The Bertz CT molecular complexity index is 962. The maximum atomic E-state index is 13.3. The Hall–Kier alpha value is -3.56. The molecule has 3 heterocycles. The zero-order valence-electron chi connectivity index (χ0n) is 13.7. The van der Waals surface area contributed by atoms with Gasteiger partial charge < -0.3 is 20.5 Å². The normalized spacial score (nSPS) is 19.9. The average molecular weight is 373 g/mol. The third-order valence-electron chi connectivity index (χ3n) is 3.92. The van der Waals surface area contributed by atoms with Crippen LogP contribution in [0.4, 0.5) is 14.5 Å². The number of pyridine rings is 1. The minimum Gasteiger partial charge on any atom is -0.395 e. The maximum absolute atomic E-state index is 13.3. The van der Waals surface area contributed by atoms with Crippen molar-refractivity contribution in [2.45, 2.75) is 12.3 Å². The summed E-state index contributed by atoms with van der Waals surface area (Å²) >= 11 is 0. The van der Waals surface area contributed by atoms with Gasteiger partial charge in [0.2, 0.25) is 0 Å². The van der Waals surface area contributed by atoms with E-state index >= 15 is 0 Å². The summed E-state index contributed by atoms with van der Waals surface area (Å²) in [6, 6.07) is 7.28. The Balaban J connectivity index is 1.59. The third kappa shape index (κ3) is 3.28. The largest absolute Gasteiger partial charge is 0.586 e. The van der Waals surface area contributed by atoms with Crippen LogP contribution in [0.3, 0.4) is 0 Å². The molecule has 1 unspecified atom stereocenters. The lowest BCUT2D eigenvalue weighted by Gasteiger charge is -2.18. The number of fused-ring (bicyclic) bond motifs is 1. The number of benzene rings is 1. The van der Waals surface area contributed by atoms with Crippen molar-refractivity contribution in [1.82, 2.24) is 4.98 Å². The Morgan fingerprint density at radius 2 is 2.11 bits per heavy atom. The number of amides is 1. The number of nitrogens with zero attached hydrogens (tertiary/aromatic N) is 3. The number of ether oxygens (including phenoxy) is 2. The fraction of sp³-hybridized carbons (Fsp3) is 0.176. The molecule has 4 rings (SSSR count). The summed E-state index contributed by atoms with van der Waals surface area (Å²) < 4.78 is 35.4. The number of alkyl halides is 2. The first kappa shape index (κ1) is 16.9. The molecule has 1 aromatic heterocycles. The molecule has 0 saturated heterocycles. The lowest BCUT2D eigenvalue weighted by molar-refractivity contribution is -0.286. The van der Waals surface area contributed by atoms with Crippen LogP contribution in [-0.4, -0.2) is 35.3 Å². The molecule has 0 spiro atoms. The van der Waals surface area contributed by atoms with Gasteiger partial charge in [-0.2, -0.15) is 0 Å². The number of hydrogen-bond donors (Lipinski definition) is 2. The minimum atomic E-state index is -3.79. The molecule has 138 valence electrons. The molecule has 1 aromatic carbocycles. The molecule has 0 fully saturated rings. The van der Waals surface area contributed by atoms with Crippen LogP contribution in [0.5, 0.6) is 11.5 Å². The van der Waals surface area contributed by atoms with Crippen molar-refractivity contribution < 1.29 is 23.0 Å². The van der Waals surface area contributed by atoms with Crippen molar-refractivity contribution in [2.24, 2.45) is 15.7 Å². The number of anilines is 1. The van der Waals surface area contributed by atoms with E-state index in [1.165, 1.54) is 18.2 Å². The molecule has 0 bridgehead atoms. The molecule has 2 aliphatic heterocycles. The van der Waals surface area contributed by atoms with Gasteiger partial charge in [-0.15, -0.1) is 8.78 Å². The summed E-state index contributed by atoms with van der Waals surface area (Å²) in [4.78, 5) is 25.1. The quantitative estimate of drug-likeness (QED) is 0.854. The molecule has 0 radical (unpaired) electrons. The summed E-state index contributed by atoms with van der Waals surface area (Å²) in [6.45, 7) is 0.276. The number of carbonyl (C=O) groups excluding carboxylic acids is 1. The van der Waals surface area contributed by atoms with Gasteiger partial charge in [-0.05, 0) is 23.8 Å². The summed E-state index contributed by atoms with van der Waals surface area (Å²) in [5.41, 5.74) is 6.48. The van der Waals surface area contributed by atoms with Crippen LogP contribution in [0.2, 0.25) is 0 Å². The molecule has 2 aromatic rings. The number of aromatic nitrogens is 1. The monoisotopic (exact) mass is 373 g/mol. The van der Waals surface area contributed by atoms with Crippen molar-refractivity contribution in [2.75, 3.05) is 11.9 Å². The van der Waals surface area contributed by atoms with Crippen molar-refractivity contribution in [1.29, 1.82) is 0 Å². The Morgan fingerprint density at radius 1 is 1.26 bits per heavy atom. The number of amidine groups is 1. The Morgan fingerprint density at radius 3 is 2.89 bits per heavy atom. The fourth-order valence-corrected chi connectivity index (χ4v) is 2.70. The van der Waals surface area contributed by atoms with Crippen molar-refractivity contribution >= 4 is 23.1 Å². The van der Waals surface area contributed by atoms with Crippen molar-refractivity contribution in [3.63, 3.8) is 0 Å². The molecule has 3 N–H and O–H groups in total. The second kappa shape index (κ2) is 6.31. The molecule has 0 saturated carbocycles. The topological polar surface area (TPSA) is 111 Å². The summed E-state index contributed by atoms with van der Waals surface area (Å²) in [7, 11) is 0. The second-order valence-corrected chi connectivity index (χ2v) is 5.76. The highest BCUT2D eigenvalue weighted by atomic mass is 19.3. The summed E-state index contributed by atoms with van der Waals surface area (Å²) in [6.07, 6.45) is -0.551. The molecular weight excluding hydrogens is 360 g/mol. The molecule has 10 heteroatoms. The van der Waals surface area contributed by atoms with Gasteiger partial charge in [-0.1, -0.05) is 12.1 Å². The molecule has 1 atom stereocenters. The van der Waals surface area contributed by atoms with Crippen LogP contribution in [0.15, 0.2) is 52.7 Å². The van der Waals surface area contributed by atoms with Crippen LogP contribution in [0.25, 0.3) is 0 Å². The van der Waals surface area contributed by atoms with E-state index in [2.05, 4.69) is 29.8 Å². The van der Waals surface area contributed by atoms with E-state index < -0.39 is 18.2 Å². The predicted molar refractivity (Wildman–Crippen MR) is 92.2 cm³/mol. The standard InChI is InChI=1S/C17H13F2N5O3/c18-17(19)26-12-5-1-4-10(14(12)27-17)24-16(25)13-15(20)22-8-11(23-13)9-3-2-6-21-7-9/h1-7,11H,8H2,(H2,20,22)(H,24,25). The zero-order valence-corrected chi connectivity index (χ0v) is 13.7. The van der Waals surface area contributed by atoms with E-state index in [4.69, 9.17) is 5.73 Å². The van der Waals surface area contributed by atoms with Crippen LogP contribution < -0.4 is 20.5 Å². The molecule has 2 aliphatic rings. The van der Waals surface area contributed by atoms with Crippen LogP contribution >= 0.6 is 0 Å². The van der Waals surface area contributed by atoms with E-state index in [-0.39, 0.29) is 35.3 Å². The minimum absolute atomic E-state index is 0.00803. The number of rotatable bonds is 3. The first-order valence-corrected chi connectivity index (χ1v) is 7.91. The zero-order chi connectivity index (χ0) is 19.0. The smallest absolute Gasteiger partial charge is 0.395 e. The Labute approximate surface area is 151 Å². The van der Waals surface area contributed by atoms with Crippen LogP contribution in [0.1, 0.15) is 11.6 Å². The molecule has 1 amide bonds. The highest BCUT2D eigenvalue weighted by Crippen LogP contribution is 2.45. The van der Waals surface area contributed by atoms with Crippen LogP contribution in [0, 0.1) is 0 Å². The first-order chi connectivity index (χ1) is 12.9. The summed E-state index contributed by atoms with van der Waals surface area (Å²) in [5, 5.41) is 2.47. The second-order valence-electron chi connectivity index (χ2n) is 5.76. The highest BCUT2D eigenvalue weighted by Gasteiger charge is 2.44. The lowest BCUT2D eigenvalue weighted by atomic mass is 10.1. The van der Waals surface area contributed by atoms with Gasteiger partial charge in [0, 0.05) is 12.4 Å². The number of nitrogens with two attached hydrogens (primary N) is 1. The van der Waals surface area contributed by atoms with E-state index in [1.54, 1.807) is 18.5 Å². The lowest BCUT2D eigenvalue weighted by Crippen LogP contribution is -2.38. The van der Waals surface area contributed by atoms with Gasteiger partial charge in [0.05, 0.1) is 18.3 Å². The van der Waals surface area contributed by atoms with Gasteiger partial charge in [0.25, 0.3) is 5.91 Å². The fourth-order valence-electron chi connectivity index (χ4n) is 2.70. The van der Waals surface area contributed by atoms with Gasteiger partial charge in [0.1, 0.15) is 5.84 Å². The number of carbonyl (C=O) groups is 1. The number of hydrogen-bond acceptors (Lipinski definition) is 7. The van der Waals surface area contributed by atoms with Crippen LogP contribution in [-0.2, 0) is 4.79 Å². The van der Waals surface area contributed by atoms with Crippen molar-refractivity contribution in [3.8, 4) is 11.5 Å². The summed E-state index contributed by atoms with van der Waals surface area (Å²) in [5.74, 6) is -1.19. The van der Waals surface area contributed by atoms with Crippen molar-refractivity contribution in [3.05, 3.63) is 48.3 Å². The van der Waals surface area contributed by atoms with Gasteiger partial charge in [-0.25, -0.2) is 0 Å². The predicted octanol–water partition coefficient (Wildman–Crippen LogP) is 1.89. The highest BCUT2D eigenvalue weighted by molar-refractivity contribution is 6.68. The van der Waals surface area contributed by atoms with E-state index in [1.807, 2.05) is 6.07 Å². The molecule has 0 aliphatic carbocycles. The number of halogens is 2. The van der Waals surface area contributed by atoms with E-state index in [0.29, 0.717) is 0 Å². The van der Waals surface area contributed by atoms with E-state index in [9.17, 15) is 13.6 Å². The molecule has 8 nitrogen and oxygen atoms in total. The van der Waals surface area contributed by atoms with Gasteiger partial charge in [-0.3, -0.25) is 19.8 Å². The average Bonchev–Trinajstić information content (AvgIpc) is 2.98. The van der Waals surface area contributed by atoms with Gasteiger partial charge in [0.15, 0.2) is 17.2 Å². The van der Waals surface area contributed by atoms with E-state index in [0.717, 1.165) is 5.56 Å². The first-order valence-electron chi connectivity index (χ1n) is 7.91. The maximum Gasteiger partial charge on any atom is 0.586 e. The number of nitrogens with one attached hydrogen (secondary N) is 1. The Kier molecular flexibility index (Phi) is 3.94.